The van der Waals surface area contributed by atoms with Crippen LogP contribution in [0.3, 0.4) is 0 Å². The van der Waals surface area contributed by atoms with Crippen molar-refractivity contribution in [3.05, 3.63) is 11.5 Å². The van der Waals surface area contributed by atoms with Crippen LogP contribution in [-0.4, -0.2) is 22.6 Å². The summed E-state index contributed by atoms with van der Waals surface area (Å²) in [5.74, 6) is 0.747. The summed E-state index contributed by atoms with van der Waals surface area (Å²) in [6, 6.07) is 0. The van der Waals surface area contributed by atoms with Gasteiger partial charge in [0.25, 0.3) is 0 Å². The molecule has 0 aliphatic heterocycles. The maximum Gasteiger partial charge on any atom is 0.360 e. The highest BCUT2D eigenvalue weighted by Gasteiger charge is 2.29. The second-order valence-electron chi connectivity index (χ2n) is 5.00. The molecule has 0 saturated heterocycles. The number of methoxy groups -OCH3 is 1. The molecule has 1 aromatic rings. The number of carbonyl (C=O) groups excluding carboxylic acids is 1. The maximum absolute atomic E-state index is 11.6. The van der Waals surface area contributed by atoms with E-state index in [-0.39, 0.29) is 11.2 Å². The Kier molecular flexibility index (Phi) is 4.38. The number of nitrogens with zero attached hydrogens (tertiary/aromatic N) is 2. The molecule has 0 amide bonds. The van der Waals surface area contributed by atoms with E-state index in [2.05, 4.69) is 25.8 Å². The molecule has 0 spiro atoms. The van der Waals surface area contributed by atoms with Crippen LogP contribution in [0.2, 0.25) is 0 Å². The van der Waals surface area contributed by atoms with Crippen LogP contribution in [0.15, 0.2) is 0 Å². The molecule has 1 aromatic heterocycles. The summed E-state index contributed by atoms with van der Waals surface area (Å²) in [5, 5.41) is 0. The lowest BCUT2D eigenvalue weighted by atomic mass is 9.98. The quantitative estimate of drug-likeness (QED) is 0.818. The fraction of sp³-hybridized carbons (Fsp3) is 0.692. The first-order valence-corrected chi connectivity index (χ1v) is 6.34. The van der Waals surface area contributed by atoms with E-state index < -0.39 is 5.97 Å². The van der Waals surface area contributed by atoms with E-state index in [1.54, 1.807) is 0 Å². The van der Waals surface area contributed by atoms with Crippen LogP contribution in [0.25, 0.3) is 0 Å². The predicted octanol–water partition coefficient (Wildman–Crippen LogP) is 2.35. The molecule has 0 fully saturated rings. The van der Waals surface area contributed by atoms with Gasteiger partial charge in [0, 0.05) is 12.0 Å². The van der Waals surface area contributed by atoms with Crippen LogP contribution in [0.4, 0.5) is 5.82 Å². The van der Waals surface area contributed by atoms with Crippen molar-refractivity contribution in [1.82, 2.24) is 9.55 Å². The third-order valence-corrected chi connectivity index (χ3v) is 3.14. The van der Waals surface area contributed by atoms with Gasteiger partial charge in [-0.3, -0.25) is 0 Å². The number of nitrogen functional groups attached to an aromatic ring is 1. The van der Waals surface area contributed by atoms with E-state index in [0.717, 1.165) is 25.1 Å². The molecule has 0 aliphatic rings. The van der Waals surface area contributed by atoms with Crippen LogP contribution in [0.1, 0.15) is 56.8 Å². The van der Waals surface area contributed by atoms with Gasteiger partial charge < -0.3 is 15.0 Å². The van der Waals surface area contributed by atoms with Crippen LogP contribution >= 0.6 is 0 Å². The number of esters is 1. The number of ether oxygens (including phenoxy) is 1. The topological polar surface area (TPSA) is 70.1 Å². The van der Waals surface area contributed by atoms with Gasteiger partial charge in [-0.05, 0) is 20.3 Å². The Morgan fingerprint density at radius 2 is 2.06 bits per heavy atom. The van der Waals surface area contributed by atoms with Crippen molar-refractivity contribution in [1.29, 1.82) is 0 Å². The molecule has 0 aliphatic carbocycles. The minimum Gasteiger partial charge on any atom is -0.464 e. The molecule has 2 N–H and O–H groups in total. The van der Waals surface area contributed by atoms with Crippen molar-refractivity contribution < 1.29 is 9.53 Å². The molecule has 5 nitrogen and oxygen atoms in total. The average Bonchev–Trinajstić information content (AvgIpc) is 2.65. The zero-order valence-corrected chi connectivity index (χ0v) is 11.9. The van der Waals surface area contributed by atoms with E-state index in [4.69, 9.17) is 10.5 Å². The Hall–Kier alpha value is -1.52. The molecule has 0 radical (unpaired) electrons. The number of nitrogens with two attached hydrogens (primary N) is 1. The first-order chi connectivity index (χ1) is 8.38. The number of aromatic nitrogens is 2. The molecule has 18 heavy (non-hydrogen) atoms. The number of hydrogen-bond donors (Lipinski definition) is 1. The molecule has 0 atom stereocenters. The van der Waals surface area contributed by atoms with Gasteiger partial charge in [0.2, 0.25) is 0 Å². The number of aryl methyl sites for hydroxylation is 1. The highest BCUT2D eigenvalue weighted by atomic mass is 16.5. The van der Waals surface area contributed by atoms with E-state index in [9.17, 15) is 4.79 Å². The van der Waals surface area contributed by atoms with Gasteiger partial charge in [-0.25, -0.2) is 9.78 Å². The smallest absolute Gasteiger partial charge is 0.360 e. The lowest BCUT2D eigenvalue weighted by molar-refractivity contribution is 0.0595. The molecule has 5 heteroatoms. The van der Waals surface area contributed by atoms with E-state index >= 15 is 0 Å². The van der Waals surface area contributed by atoms with E-state index in [0.29, 0.717) is 5.82 Å². The lowest BCUT2D eigenvalue weighted by Crippen LogP contribution is -2.29. The lowest BCUT2D eigenvalue weighted by Gasteiger charge is -2.29. The monoisotopic (exact) mass is 253 g/mol. The van der Waals surface area contributed by atoms with Crippen LogP contribution in [0.5, 0.6) is 0 Å². The summed E-state index contributed by atoms with van der Waals surface area (Å²) in [4.78, 5) is 15.9. The predicted molar refractivity (Wildman–Crippen MR) is 71.6 cm³/mol. The van der Waals surface area contributed by atoms with E-state index in [1.165, 1.54) is 7.11 Å². The maximum atomic E-state index is 11.6. The van der Waals surface area contributed by atoms with Gasteiger partial charge in [0.05, 0.1) is 7.11 Å². The third-order valence-electron chi connectivity index (χ3n) is 3.14. The Balaban J connectivity index is 3.34. The summed E-state index contributed by atoms with van der Waals surface area (Å²) in [5.41, 5.74) is 6.14. The number of carbonyl (C=O) groups is 1. The standard InChI is InChI=1S/C13H23N3O2/c1-6-8-13(3,4)16-9(7-2)15-10(11(16)14)12(17)18-5/h6-8,14H2,1-5H3. The zero-order chi connectivity index (χ0) is 13.9. The first kappa shape index (κ1) is 14.5. The zero-order valence-electron chi connectivity index (χ0n) is 11.9. The fourth-order valence-electron chi connectivity index (χ4n) is 2.36. The Morgan fingerprint density at radius 3 is 2.50 bits per heavy atom. The van der Waals surface area contributed by atoms with Gasteiger partial charge in [-0.1, -0.05) is 20.3 Å². The fourth-order valence-corrected chi connectivity index (χ4v) is 2.36. The van der Waals surface area contributed by atoms with Gasteiger partial charge in [0.1, 0.15) is 11.6 Å². The number of anilines is 1. The van der Waals surface area contributed by atoms with Gasteiger partial charge in [-0.15, -0.1) is 0 Å². The Bertz CT molecular complexity index is 436. The summed E-state index contributed by atoms with van der Waals surface area (Å²) in [6.45, 7) is 8.34. The minimum absolute atomic E-state index is 0.149. The van der Waals surface area contributed by atoms with Gasteiger partial charge >= 0.3 is 5.97 Å². The SMILES string of the molecule is CCCC(C)(C)n1c(CC)nc(C(=O)OC)c1N. The largest absolute Gasteiger partial charge is 0.464 e. The van der Waals surface area contributed by atoms with Crippen molar-refractivity contribution in [2.45, 2.75) is 52.5 Å². The van der Waals surface area contributed by atoms with Gasteiger partial charge in [0.15, 0.2) is 5.69 Å². The molecule has 0 bridgehead atoms. The van der Waals surface area contributed by atoms with Crippen molar-refractivity contribution in [2.75, 3.05) is 12.8 Å². The van der Waals surface area contributed by atoms with Gasteiger partial charge in [-0.2, -0.15) is 0 Å². The number of imidazole rings is 1. The van der Waals surface area contributed by atoms with Crippen molar-refractivity contribution in [3.63, 3.8) is 0 Å². The highest BCUT2D eigenvalue weighted by Crippen LogP contribution is 2.29. The first-order valence-electron chi connectivity index (χ1n) is 6.34. The molecular weight excluding hydrogens is 230 g/mol. The Morgan fingerprint density at radius 1 is 1.44 bits per heavy atom. The van der Waals surface area contributed by atoms with Crippen molar-refractivity contribution in [3.8, 4) is 0 Å². The minimum atomic E-state index is -0.478. The van der Waals surface area contributed by atoms with Crippen LogP contribution < -0.4 is 5.73 Å². The second-order valence-corrected chi connectivity index (χ2v) is 5.00. The average molecular weight is 253 g/mol. The molecule has 0 unspecified atom stereocenters. The Labute approximate surface area is 108 Å². The summed E-state index contributed by atoms with van der Waals surface area (Å²) in [7, 11) is 1.34. The second kappa shape index (κ2) is 5.42. The molecule has 1 rings (SSSR count). The third kappa shape index (κ3) is 2.49. The molecule has 0 saturated carbocycles. The van der Waals surface area contributed by atoms with Crippen molar-refractivity contribution in [2.24, 2.45) is 0 Å². The molecular formula is C13H23N3O2. The molecule has 0 aromatic carbocycles. The molecule has 1 heterocycles. The normalized spacial score (nSPS) is 11.6. The highest BCUT2D eigenvalue weighted by molar-refractivity contribution is 5.92. The molecule has 102 valence electrons. The summed E-state index contributed by atoms with van der Waals surface area (Å²) in [6.07, 6.45) is 2.75. The van der Waals surface area contributed by atoms with Crippen LogP contribution in [0, 0.1) is 0 Å². The number of rotatable bonds is 5. The van der Waals surface area contributed by atoms with Crippen LogP contribution in [-0.2, 0) is 16.7 Å². The van der Waals surface area contributed by atoms with E-state index in [1.807, 2.05) is 11.5 Å². The summed E-state index contributed by atoms with van der Waals surface area (Å²) < 4.78 is 6.67. The van der Waals surface area contributed by atoms with Crippen molar-refractivity contribution >= 4 is 11.8 Å². The summed E-state index contributed by atoms with van der Waals surface area (Å²) >= 11 is 0. The number of hydrogen-bond acceptors (Lipinski definition) is 4.